The highest BCUT2D eigenvalue weighted by atomic mass is 19.1. The summed E-state index contributed by atoms with van der Waals surface area (Å²) in [4.78, 5) is 0. The van der Waals surface area contributed by atoms with Gasteiger partial charge in [0.05, 0.1) is 12.6 Å². The molecule has 0 radical (unpaired) electrons. The largest absolute Gasteiger partial charge is 0.378 e. The summed E-state index contributed by atoms with van der Waals surface area (Å²) < 4.78 is 17.0. The molecule has 0 heterocycles. The van der Waals surface area contributed by atoms with Crippen molar-refractivity contribution < 1.29 is 9.13 Å². The van der Waals surface area contributed by atoms with Gasteiger partial charge < -0.3 is 10.5 Å². The summed E-state index contributed by atoms with van der Waals surface area (Å²) in [5, 5.41) is 0. The van der Waals surface area contributed by atoms with Crippen molar-refractivity contribution in [3.05, 3.63) is 11.6 Å². The van der Waals surface area contributed by atoms with E-state index in [1.165, 1.54) is 0 Å². The van der Waals surface area contributed by atoms with E-state index in [1.54, 1.807) is 0 Å². The van der Waals surface area contributed by atoms with Crippen LogP contribution < -0.4 is 5.73 Å². The van der Waals surface area contributed by atoms with Gasteiger partial charge in [-0.05, 0) is 13.8 Å². The van der Waals surface area contributed by atoms with Crippen molar-refractivity contribution in [2.24, 2.45) is 5.73 Å². The van der Waals surface area contributed by atoms with Crippen molar-refractivity contribution in [2.75, 3.05) is 19.9 Å². The average molecular weight is 161 g/mol. The maximum atomic E-state index is 11.9. The maximum absolute atomic E-state index is 11.9. The van der Waals surface area contributed by atoms with E-state index in [2.05, 4.69) is 0 Å². The Morgan fingerprint density at radius 1 is 1.73 bits per heavy atom. The second-order valence-corrected chi connectivity index (χ2v) is 2.37. The van der Waals surface area contributed by atoms with Gasteiger partial charge in [0.1, 0.15) is 6.67 Å². The molecule has 0 amide bonds. The first-order valence-corrected chi connectivity index (χ1v) is 3.78. The van der Waals surface area contributed by atoms with Gasteiger partial charge in [-0.2, -0.15) is 0 Å². The average Bonchev–Trinajstić information content (AvgIpc) is 2.03. The molecule has 1 unspecified atom stereocenters. The van der Waals surface area contributed by atoms with Gasteiger partial charge in [0.2, 0.25) is 0 Å². The van der Waals surface area contributed by atoms with Crippen LogP contribution in [0.5, 0.6) is 0 Å². The molecular weight excluding hydrogens is 145 g/mol. The number of halogens is 1. The summed E-state index contributed by atoms with van der Waals surface area (Å²) in [5.74, 6) is 0. The summed E-state index contributed by atoms with van der Waals surface area (Å²) in [6.45, 7) is 4.42. The lowest BCUT2D eigenvalue weighted by atomic mass is 10.1. The van der Waals surface area contributed by atoms with Crippen LogP contribution in [0.3, 0.4) is 0 Å². The van der Waals surface area contributed by atoms with Crippen LogP contribution in [0.15, 0.2) is 11.6 Å². The van der Waals surface area contributed by atoms with Crippen molar-refractivity contribution in [3.63, 3.8) is 0 Å². The molecule has 0 aliphatic heterocycles. The zero-order valence-electron chi connectivity index (χ0n) is 7.14. The molecule has 0 aromatic rings. The van der Waals surface area contributed by atoms with E-state index in [1.807, 2.05) is 19.9 Å². The summed E-state index contributed by atoms with van der Waals surface area (Å²) in [6.07, 6.45) is 1.81. The smallest absolute Gasteiger partial charge is 0.108 e. The number of hydrogen-bond acceptors (Lipinski definition) is 2. The van der Waals surface area contributed by atoms with Crippen LogP contribution in [-0.4, -0.2) is 25.9 Å². The number of alkyl halides is 1. The van der Waals surface area contributed by atoms with Crippen molar-refractivity contribution in [1.82, 2.24) is 0 Å². The number of ether oxygens (including phenoxy) is 1. The third-order valence-electron chi connectivity index (χ3n) is 1.48. The number of nitrogens with two attached hydrogens (primary N) is 1. The van der Waals surface area contributed by atoms with E-state index in [4.69, 9.17) is 10.5 Å². The van der Waals surface area contributed by atoms with E-state index < -0.39 is 12.7 Å². The fourth-order valence-electron chi connectivity index (χ4n) is 0.581. The first-order valence-electron chi connectivity index (χ1n) is 3.78. The normalized spacial score (nSPS) is 15.1. The molecule has 0 fully saturated rings. The molecule has 0 aliphatic carbocycles. The Morgan fingerprint density at radius 2 is 2.36 bits per heavy atom. The Morgan fingerprint density at radius 3 is 2.82 bits per heavy atom. The highest BCUT2D eigenvalue weighted by Crippen LogP contribution is 1.98. The minimum atomic E-state index is -0.505. The summed E-state index contributed by atoms with van der Waals surface area (Å²) in [7, 11) is 0. The zero-order chi connectivity index (χ0) is 8.69. The van der Waals surface area contributed by atoms with Crippen molar-refractivity contribution in [2.45, 2.75) is 19.9 Å². The fourth-order valence-corrected chi connectivity index (χ4v) is 0.581. The van der Waals surface area contributed by atoms with E-state index in [0.29, 0.717) is 13.2 Å². The van der Waals surface area contributed by atoms with E-state index in [9.17, 15) is 4.39 Å². The molecule has 0 aromatic heterocycles. The molecular formula is C8H16FNO. The van der Waals surface area contributed by atoms with Crippen LogP contribution in [0, 0.1) is 0 Å². The van der Waals surface area contributed by atoms with Crippen molar-refractivity contribution in [1.29, 1.82) is 0 Å². The molecule has 66 valence electrons. The predicted molar refractivity (Wildman–Crippen MR) is 44.2 cm³/mol. The van der Waals surface area contributed by atoms with Crippen molar-refractivity contribution >= 4 is 0 Å². The van der Waals surface area contributed by atoms with Crippen LogP contribution in [0.2, 0.25) is 0 Å². The third-order valence-corrected chi connectivity index (χ3v) is 1.48. The van der Waals surface area contributed by atoms with Gasteiger partial charge in [0, 0.05) is 6.61 Å². The van der Waals surface area contributed by atoms with Crippen LogP contribution >= 0.6 is 0 Å². The second-order valence-electron chi connectivity index (χ2n) is 2.37. The molecule has 0 saturated heterocycles. The van der Waals surface area contributed by atoms with Crippen LogP contribution in [0.25, 0.3) is 0 Å². The molecule has 3 heteroatoms. The van der Waals surface area contributed by atoms with E-state index in [-0.39, 0.29) is 0 Å². The molecule has 11 heavy (non-hydrogen) atoms. The van der Waals surface area contributed by atoms with E-state index >= 15 is 0 Å². The van der Waals surface area contributed by atoms with Crippen molar-refractivity contribution in [3.8, 4) is 0 Å². The first-order chi connectivity index (χ1) is 5.22. The Balaban J connectivity index is 3.61. The van der Waals surface area contributed by atoms with Crippen LogP contribution in [0.1, 0.15) is 13.8 Å². The van der Waals surface area contributed by atoms with Gasteiger partial charge in [-0.15, -0.1) is 0 Å². The first kappa shape index (κ1) is 10.6. The lowest BCUT2D eigenvalue weighted by Crippen LogP contribution is -2.23. The number of rotatable bonds is 5. The quantitative estimate of drug-likeness (QED) is 0.486. The Kier molecular flexibility index (Phi) is 6.07. The highest BCUT2D eigenvalue weighted by Gasteiger charge is 2.01. The van der Waals surface area contributed by atoms with Gasteiger partial charge in [-0.1, -0.05) is 11.6 Å². The Bertz CT molecular complexity index is 125. The Labute approximate surface area is 67.2 Å². The molecule has 2 N–H and O–H groups in total. The topological polar surface area (TPSA) is 35.2 Å². The maximum Gasteiger partial charge on any atom is 0.108 e. The minimum Gasteiger partial charge on any atom is -0.378 e. The molecule has 0 aliphatic rings. The lowest BCUT2D eigenvalue weighted by molar-refractivity contribution is 0.177. The molecule has 2 nitrogen and oxygen atoms in total. The molecule has 1 atom stereocenters. The van der Waals surface area contributed by atoms with Gasteiger partial charge >= 0.3 is 0 Å². The molecule has 0 saturated carbocycles. The van der Waals surface area contributed by atoms with Crippen LogP contribution in [0.4, 0.5) is 4.39 Å². The standard InChI is InChI=1S/C8H16FNO/c1-3-11-5-4-7(2)8(10)6-9/h4,8H,3,5-6,10H2,1-2H3. The molecule has 0 aromatic carbocycles. The highest BCUT2D eigenvalue weighted by molar-refractivity contribution is 5.06. The lowest BCUT2D eigenvalue weighted by Gasteiger charge is -2.06. The summed E-state index contributed by atoms with van der Waals surface area (Å²) in [6, 6.07) is -0.463. The molecule has 0 rings (SSSR count). The van der Waals surface area contributed by atoms with Gasteiger partial charge in [-0.25, -0.2) is 4.39 Å². The fraction of sp³-hybridized carbons (Fsp3) is 0.750. The van der Waals surface area contributed by atoms with Gasteiger partial charge in [0.25, 0.3) is 0 Å². The Hall–Kier alpha value is -0.410. The van der Waals surface area contributed by atoms with E-state index in [0.717, 1.165) is 5.57 Å². The predicted octanol–water partition coefficient (Wildman–Crippen LogP) is 1.27. The minimum absolute atomic E-state index is 0.463. The zero-order valence-corrected chi connectivity index (χ0v) is 7.14. The monoisotopic (exact) mass is 161 g/mol. The molecule has 0 spiro atoms. The summed E-state index contributed by atoms with van der Waals surface area (Å²) in [5.41, 5.74) is 6.25. The van der Waals surface area contributed by atoms with Crippen LogP contribution in [-0.2, 0) is 4.74 Å². The third kappa shape index (κ3) is 4.93. The molecule has 0 bridgehead atoms. The van der Waals surface area contributed by atoms with Gasteiger partial charge in [-0.3, -0.25) is 0 Å². The second kappa shape index (κ2) is 6.31. The number of hydrogen-bond donors (Lipinski definition) is 1. The summed E-state index contributed by atoms with van der Waals surface area (Å²) >= 11 is 0. The SMILES string of the molecule is CCOCC=C(C)C(N)CF. The van der Waals surface area contributed by atoms with Gasteiger partial charge in [0.15, 0.2) is 0 Å².